The van der Waals surface area contributed by atoms with E-state index < -0.39 is 22.8 Å². The summed E-state index contributed by atoms with van der Waals surface area (Å²) in [6, 6.07) is 22.8. The highest BCUT2D eigenvalue weighted by atomic mass is 35.5. The predicted octanol–water partition coefficient (Wildman–Crippen LogP) is 5.37. The minimum atomic E-state index is -2.03. The van der Waals surface area contributed by atoms with Crippen LogP contribution in [-0.2, 0) is 24.9 Å². The van der Waals surface area contributed by atoms with Gasteiger partial charge in [-0.1, -0.05) is 65.7 Å². The summed E-state index contributed by atoms with van der Waals surface area (Å²) < 4.78 is 5.53. The van der Waals surface area contributed by atoms with E-state index >= 15 is 0 Å². The summed E-state index contributed by atoms with van der Waals surface area (Å²) in [5, 5.41) is 12.8. The monoisotopic (exact) mass is 555 g/mol. The Labute approximate surface area is 230 Å². The minimum absolute atomic E-state index is 0.0539. The van der Waals surface area contributed by atoms with E-state index in [2.05, 4.69) is 0 Å². The first-order valence-corrected chi connectivity index (χ1v) is 13.1. The van der Waals surface area contributed by atoms with Crippen LogP contribution in [0.3, 0.4) is 0 Å². The summed E-state index contributed by atoms with van der Waals surface area (Å²) in [5.74, 6) is -2.97. The van der Waals surface area contributed by atoms with Crippen molar-refractivity contribution in [3.05, 3.63) is 106 Å². The van der Waals surface area contributed by atoms with Crippen LogP contribution in [0, 0.1) is 5.41 Å². The van der Waals surface area contributed by atoms with Gasteiger partial charge in [-0.25, -0.2) is 4.89 Å². The van der Waals surface area contributed by atoms with Crippen molar-refractivity contribution in [2.45, 2.75) is 31.2 Å². The molecular weight excluding hydrogens is 529 g/mol. The van der Waals surface area contributed by atoms with Gasteiger partial charge in [-0.05, 0) is 54.4 Å². The number of hydrogen-bond donors (Lipinski definition) is 1. The molecule has 9 heteroatoms. The molecule has 2 unspecified atom stereocenters. The van der Waals surface area contributed by atoms with Crippen molar-refractivity contribution in [1.29, 1.82) is 0 Å². The van der Waals surface area contributed by atoms with E-state index in [9.17, 15) is 14.7 Å². The van der Waals surface area contributed by atoms with Gasteiger partial charge < -0.3 is 14.7 Å². The lowest BCUT2D eigenvalue weighted by Gasteiger charge is -2.56. The van der Waals surface area contributed by atoms with Crippen molar-refractivity contribution < 1.29 is 29.2 Å². The number of rotatable bonds is 5. The lowest BCUT2D eigenvalue weighted by molar-refractivity contribution is -0.516. The van der Waals surface area contributed by atoms with Crippen LogP contribution >= 0.6 is 23.2 Å². The number of ether oxygens (including phenoxy) is 1. The maximum atomic E-state index is 13.8. The van der Waals surface area contributed by atoms with Gasteiger partial charge in [0.1, 0.15) is 5.41 Å². The molecule has 0 aromatic heterocycles. The first-order chi connectivity index (χ1) is 18.2. The van der Waals surface area contributed by atoms with Crippen molar-refractivity contribution in [3.63, 3.8) is 0 Å². The highest BCUT2D eigenvalue weighted by Crippen LogP contribution is 2.56. The van der Waals surface area contributed by atoms with Crippen molar-refractivity contribution >= 4 is 35.1 Å². The van der Waals surface area contributed by atoms with Crippen LogP contribution < -0.4 is 0 Å². The number of carbonyl (C=O) groups is 2. The number of piperidine rings is 1. The molecule has 1 amide bonds. The molecule has 3 aromatic carbocycles. The molecule has 2 heterocycles. The number of halogens is 2. The Morgan fingerprint density at radius 2 is 1.50 bits per heavy atom. The molecule has 3 aromatic rings. The van der Waals surface area contributed by atoms with Crippen LogP contribution in [0.2, 0.25) is 10.0 Å². The number of aliphatic hydroxyl groups is 1. The zero-order chi connectivity index (χ0) is 27.0. The Kier molecular flexibility index (Phi) is 7.24. The molecule has 1 N–H and O–H groups in total. The number of nitrogens with zero attached hydrogens (tertiary/aromatic N) is 1. The molecule has 0 spiro atoms. The van der Waals surface area contributed by atoms with Crippen LogP contribution in [0.4, 0.5) is 0 Å². The lowest BCUT2D eigenvalue weighted by atomic mass is 9.64. The Balaban J connectivity index is 1.65. The van der Waals surface area contributed by atoms with E-state index in [4.69, 9.17) is 37.7 Å². The van der Waals surface area contributed by atoms with Gasteiger partial charge in [-0.15, -0.1) is 0 Å². The van der Waals surface area contributed by atoms with Crippen LogP contribution in [0.1, 0.15) is 41.3 Å². The van der Waals surface area contributed by atoms with Crippen LogP contribution in [0.25, 0.3) is 0 Å². The second kappa shape index (κ2) is 10.3. The van der Waals surface area contributed by atoms with Gasteiger partial charge in [-0.2, -0.15) is 4.89 Å². The molecular formula is C29H27Cl2NO6. The number of amides is 1. The van der Waals surface area contributed by atoms with Gasteiger partial charge in [-0.3, -0.25) is 9.59 Å². The molecule has 2 aliphatic rings. The average molecular weight is 556 g/mol. The van der Waals surface area contributed by atoms with Gasteiger partial charge in [0.15, 0.2) is 5.60 Å². The van der Waals surface area contributed by atoms with Crippen molar-refractivity contribution in [2.75, 3.05) is 19.7 Å². The number of benzene rings is 3. The van der Waals surface area contributed by atoms with Gasteiger partial charge >= 0.3 is 5.97 Å². The molecule has 7 nitrogen and oxygen atoms in total. The third-order valence-corrected chi connectivity index (χ3v) is 7.90. The van der Waals surface area contributed by atoms with Gasteiger partial charge in [0.2, 0.25) is 5.79 Å². The molecule has 0 aliphatic carbocycles. The van der Waals surface area contributed by atoms with Gasteiger partial charge in [0.05, 0.1) is 6.61 Å². The summed E-state index contributed by atoms with van der Waals surface area (Å²) in [7, 11) is 0. The molecule has 2 aliphatic heterocycles. The fourth-order valence-electron chi connectivity index (χ4n) is 5.37. The molecule has 198 valence electrons. The number of hydrogen-bond acceptors (Lipinski definition) is 6. The smallest absolute Gasteiger partial charge is 0.319 e. The van der Waals surface area contributed by atoms with E-state index in [1.165, 1.54) is 0 Å². The topological polar surface area (TPSA) is 85.3 Å². The molecule has 38 heavy (non-hydrogen) atoms. The highest BCUT2D eigenvalue weighted by molar-refractivity contribution is 6.30. The molecule has 5 rings (SSSR count). The molecule has 2 fully saturated rings. The number of likely N-dealkylation sites (tertiary alicyclic amines) is 1. The molecule has 2 saturated heterocycles. The molecule has 0 radical (unpaired) electrons. The summed E-state index contributed by atoms with van der Waals surface area (Å²) >= 11 is 12.4. The number of esters is 1. The van der Waals surface area contributed by atoms with Crippen molar-refractivity contribution in [2.24, 2.45) is 5.41 Å². The van der Waals surface area contributed by atoms with Crippen molar-refractivity contribution in [1.82, 2.24) is 4.90 Å². The summed E-state index contributed by atoms with van der Waals surface area (Å²) in [6.07, 6.45) is -0.126. The molecule has 0 bridgehead atoms. The first-order valence-electron chi connectivity index (χ1n) is 12.4. The van der Waals surface area contributed by atoms with E-state index in [1.54, 1.807) is 84.6 Å². The van der Waals surface area contributed by atoms with Crippen LogP contribution in [-0.4, -0.2) is 47.4 Å². The third kappa shape index (κ3) is 4.48. The highest BCUT2D eigenvalue weighted by Gasteiger charge is 2.69. The normalized spacial score (nSPS) is 24.4. The number of carbonyl (C=O) groups excluding carboxylic acids is 2. The Bertz CT molecular complexity index is 1270. The van der Waals surface area contributed by atoms with Crippen molar-refractivity contribution in [3.8, 4) is 0 Å². The fourth-order valence-corrected chi connectivity index (χ4v) is 5.62. The lowest BCUT2D eigenvalue weighted by Crippen LogP contribution is -2.70. The molecule has 0 saturated carbocycles. The minimum Gasteiger partial charge on any atom is -0.465 e. The van der Waals surface area contributed by atoms with Crippen LogP contribution in [0.5, 0.6) is 0 Å². The Morgan fingerprint density at radius 3 is 2.05 bits per heavy atom. The zero-order valence-corrected chi connectivity index (χ0v) is 22.2. The maximum absolute atomic E-state index is 13.8. The number of fused-ring (bicyclic) bond motifs is 1. The van der Waals surface area contributed by atoms with Gasteiger partial charge in [0.25, 0.3) is 5.91 Å². The fraction of sp³-hybridized carbons (Fsp3) is 0.310. The average Bonchev–Trinajstić information content (AvgIpc) is 2.93. The maximum Gasteiger partial charge on any atom is 0.319 e. The summed E-state index contributed by atoms with van der Waals surface area (Å²) in [4.78, 5) is 40.7. The SMILES string of the molecule is CCOC(=O)C12CN(C(=O)c3ccccc3)CCC1(O)OOC(c1ccc(Cl)cc1)(c1ccc(Cl)cc1)C2. The predicted molar refractivity (Wildman–Crippen MR) is 141 cm³/mol. The van der Waals surface area contributed by atoms with E-state index in [1.807, 2.05) is 6.07 Å². The van der Waals surface area contributed by atoms with Gasteiger partial charge in [0, 0.05) is 41.5 Å². The standard InChI is InChI=1S/C29H27Cl2NO6/c1-2-36-26(34)27-18-28(21-8-12-23(30)13-9-21,22-10-14-24(31)15-11-22)37-38-29(27,35)16-17-32(19-27)25(33)20-6-4-3-5-7-20/h3-15,35H,2,16-19H2,1H3. The quantitative estimate of drug-likeness (QED) is 0.336. The second-order valence-electron chi connectivity index (χ2n) is 9.61. The second-order valence-corrected chi connectivity index (χ2v) is 10.5. The summed E-state index contributed by atoms with van der Waals surface area (Å²) in [5.41, 5.74) is -1.27. The first kappa shape index (κ1) is 26.7. The van der Waals surface area contributed by atoms with Crippen LogP contribution in [0.15, 0.2) is 78.9 Å². The van der Waals surface area contributed by atoms with E-state index in [0.717, 1.165) is 0 Å². The Hall–Kier alpha value is -2.94. The third-order valence-electron chi connectivity index (χ3n) is 7.40. The summed E-state index contributed by atoms with van der Waals surface area (Å²) in [6.45, 7) is 1.79. The van der Waals surface area contributed by atoms with E-state index in [0.29, 0.717) is 26.7 Å². The zero-order valence-electron chi connectivity index (χ0n) is 20.7. The largest absolute Gasteiger partial charge is 0.465 e. The van der Waals surface area contributed by atoms with E-state index in [-0.39, 0.29) is 38.4 Å². The Morgan fingerprint density at radius 1 is 0.921 bits per heavy atom. The molecule has 2 atom stereocenters.